The molecule has 0 aromatic heterocycles. The van der Waals surface area contributed by atoms with E-state index in [1.54, 1.807) is 24.3 Å². The van der Waals surface area contributed by atoms with Gasteiger partial charge in [-0.2, -0.15) is 0 Å². The lowest BCUT2D eigenvalue weighted by Crippen LogP contribution is -2.22. The van der Waals surface area contributed by atoms with Crippen LogP contribution >= 0.6 is 0 Å². The van der Waals surface area contributed by atoms with Crippen LogP contribution in [0.15, 0.2) is 48.5 Å². The second-order valence-corrected chi connectivity index (χ2v) is 5.00. The number of amides is 1. The minimum absolute atomic E-state index is 0.113. The van der Waals surface area contributed by atoms with Crippen LogP contribution in [-0.4, -0.2) is 19.1 Å². The van der Waals surface area contributed by atoms with Gasteiger partial charge in [-0.3, -0.25) is 4.79 Å². The van der Waals surface area contributed by atoms with Crippen molar-refractivity contribution in [3.63, 3.8) is 0 Å². The molecule has 122 valence electrons. The van der Waals surface area contributed by atoms with Crippen molar-refractivity contribution in [2.45, 2.75) is 19.9 Å². The van der Waals surface area contributed by atoms with Crippen molar-refractivity contribution in [2.75, 3.05) is 18.5 Å². The molecule has 2 N–H and O–H groups in total. The molecule has 2 aromatic rings. The largest absolute Gasteiger partial charge is 0.492 e. The predicted octanol–water partition coefficient (Wildman–Crippen LogP) is 3.34. The fourth-order valence-electron chi connectivity index (χ4n) is 2.13. The number of benzene rings is 2. The number of nitrogens with one attached hydrogen (secondary N) is 2. The summed E-state index contributed by atoms with van der Waals surface area (Å²) in [5.74, 6) is 0.302. The summed E-state index contributed by atoms with van der Waals surface area (Å²) in [6, 6.07) is 13.9. The van der Waals surface area contributed by atoms with E-state index in [1.165, 1.54) is 6.07 Å². The van der Waals surface area contributed by atoms with Crippen LogP contribution in [0.5, 0.6) is 5.75 Å². The molecule has 0 fully saturated rings. The molecule has 0 radical (unpaired) electrons. The van der Waals surface area contributed by atoms with E-state index in [2.05, 4.69) is 10.6 Å². The highest BCUT2D eigenvalue weighted by Gasteiger charge is 2.07. The number of para-hydroxylation sites is 2. The van der Waals surface area contributed by atoms with Gasteiger partial charge in [0.1, 0.15) is 11.6 Å². The Labute approximate surface area is 135 Å². The first-order valence-corrected chi connectivity index (χ1v) is 7.66. The molecular weight excluding hydrogens is 295 g/mol. The minimum Gasteiger partial charge on any atom is -0.492 e. The van der Waals surface area contributed by atoms with Crippen LogP contribution < -0.4 is 15.4 Å². The maximum Gasteiger partial charge on any atom is 0.225 e. The van der Waals surface area contributed by atoms with E-state index in [4.69, 9.17) is 4.74 Å². The Balaban J connectivity index is 1.76. The standard InChI is InChI=1S/C18H21FN2O2/c1-2-23-17-10-6-5-9-16(17)21-18(22)11-12-20-13-14-7-3-4-8-15(14)19/h3-10,20H,2,11-13H2,1H3,(H,21,22). The van der Waals surface area contributed by atoms with Crippen LogP contribution in [0.4, 0.5) is 10.1 Å². The molecule has 0 aliphatic carbocycles. The normalized spacial score (nSPS) is 10.3. The van der Waals surface area contributed by atoms with Gasteiger partial charge in [0, 0.05) is 25.1 Å². The zero-order valence-corrected chi connectivity index (χ0v) is 13.1. The molecule has 0 heterocycles. The summed E-state index contributed by atoms with van der Waals surface area (Å²) in [7, 11) is 0. The van der Waals surface area contributed by atoms with Crippen molar-refractivity contribution in [2.24, 2.45) is 0 Å². The molecule has 0 aliphatic heterocycles. The third-order valence-corrected chi connectivity index (χ3v) is 3.26. The lowest BCUT2D eigenvalue weighted by atomic mass is 10.2. The lowest BCUT2D eigenvalue weighted by molar-refractivity contribution is -0.116. The average Bonchev–Trinajstić information content (AvgIpc) is 2.55. The Bertz CT molecular complexity index is 646. The summed E-state index contributed by atoms with van der Waals surface area (Å²) in [5.41, 5.74) is 1.25. The molecule has 0 saturated heterocycles. The van der Waals surface area contributed by atoms with Gasteiger partial charge in [-0.05, 0) is 25.1 Å². The molecule has 0 spiro atoms. The van der Waals surface area contributed by atoms with Crippen molar-refractivity contribution in [3.8, 4) is 5.75 Å². The van der Waals surface area contributed by atoms with Crippen molar-refractivity contribution < 1.29 is 13.9 Å². The number of carbonyl (C=O) groups is 1. The van der Waals surface area contributed by atoms with Gasteiger partial charge in [-0.15, -0.1) is 0 Å². The summed E-state index contributed by atoms with van der Waals surface area (Å²) in [5, 5.41) is 5.89. The molecule has 2 aromatic carbocycles. The van der Waals surface area contributed by atoms with Gasteiger partial charge >= 0.3 is 0 Å². The van der Waals surface area contributed by atoms with Gasteiger partial charge in [0.25, 0.3) is 0 Å². The quantitative estimate of drug-likeness (QED) is 0.734. The lowest BCUT2D eigenvalue weighted by Gasteiger charge is -2.11. The van der Waals surface area contributed by atoms with Crippen molar-refractivity contribution in [3.05, 3.63) is 59.9 Å². The molecule has 0 atom stereocenters. The summed E-state index contributed by atoms with van der Waals surface area (Å²) in [4.78, 5) is 12.0. The van der Waals surface area contributed by atoms with Gasteiger partial charge in [-0.25, -0.2) is 4.39 Å². The van der Waals surface area contributed by atoms with Crippen molar-refractivity contribution in [1.29, 1.82) is 0 Å². The van der Waals surface area contributed by atoms with Crippen LogP contribution in [-0.2, 0) is 11.3 Å². The maximum absolute atomic E-state index is 13.4. The van der Waals surface area contributed by atoms with Gasteiger partial charge in [0.05, 0.1) is 12.3 Å². The van der Waals surface area contributed by atoms with Crippen molar-refractivity contribution in [1.82, 2.24) is 5.32 Å². The zero-order valence-electron chi connectivity index (χ0n) is 13.1. The highest BCUT2D eigenvalue weighted by molar-refractivity contribution is 5.92. The molecule has 4 nitrogen and oxygen atoms in total. The van der Waals surface area contributed by atoms with Crippen LogP contribution in [0, 0.1) is 5.82 Å². The summed E-state index contributed by atoms with van der Waals surface area (Å²) in [6.07, 6.45) is 0.301. The highest BCUT2D eigenvalue weighted by atomic mass is 19.1. The second-order valence-electron chi connectivity index (χ2n) is 5.00. The Morgan fingerprint density at radius 1 is 1.13 bits per heavy atom. The smallest absolute Gasteiger partial charge is 0.225 e. The van der Waals surface area contributed by atoms with Crippen LogP contribution in [0.2, 0.25) is 0 Å². The van der Waals surface area contributed by atoms with E-state index in [9.17, 15) is 9.18 Å². The Morgan fingerprint density at radius 3 is 2.65 bits per heavy atom. The predicted molar refractivity (Wildman–Crippen MR) is 89.0 cm³/mol. The number of carbonyl (C=O) groups excluding carboxylic acids is 1. The van der Waals surface area contributed by atoms with E-state index in [0.717, 1.165) is 0 Å². The number of ether oxygens (including phenoxy) is 1. The molecule has 2 rings (SSSR count). The fraction of sp³-hybridized carbons (Fsp3) is 0.278. The third kappa shape index (κ3) is 5.38. The van der Waals surface area contributed by atoms with E-state index >= 15 is 0 Å². The molecule has 0 unspecified atom stereocenters. The number of hydrogen-bond acceptors (Lipinski definition) is 3. The number of hydrogen-bond donors (Lipinski definition) is 2. The van der Waals surface area contributed by atoms with Crippen molar-refractivity contribution >= 4 is 11.6 Å². The molecule has 0 saturated carbocycles. The second kappa shape index (κ2) is 8.90. The van der Waals surface area contributed by atoms with Gasteiger partial charge < -0.3 is 15.4 Å². The summed E-state index contributed by atoms with van der Waals surface area (Å²) in [6.45, 7) is 3.30. The van der Waals surface area contributed by atoms with E-state index < -0.39 is 0 Å². The maximum atomic E-state index is 13.4. The van der Waals surface area contributed by atoms with E-state index in [1.807, 2.05) is 25.1 Å². The molecule has 23 heavy (non-hydrogen) atoms. The van der Waals surface area contributed by atoms with E-state index in [-0.39, 0.29) is 11.7 Å². The van der Waals surface area contributed by atoms with Gasteiger partial charge in [0.15, 0.2) is 0 Å². The highest BCUT2D eigenvalue weighted by Crippen LogP contribution is 2.23. The number of halogens is 1. The fourth-order valence-corrected chi connectivity index (χ4v) is 2.13. The molecule has 1 amide bonds. The summed E-state index contributed by atoms with van der Waals surface area (Å²) >= 11 is 0. The number of rotatable bonds is 8. The Hall–Kier alpha value is -2.40. The zero-order chi connectivity index (χ0) is 16.5. The van der Waals surface area contributed by atoms with Crippen LogP contribution in [0.1, 0.15) is 18.9 Å². The average molecular weight is 316 g/mol. The first-order chi connectivity index (χ1) is 11.2. The molecule has 0 bridgehead atoms. The van der Waals surface area contributed by atoms with Gasteiger partial charge in [0.2, 0.25) is 5.91 Å². The van der Waals surface area contributed by atoms with Gasteiger partial charge in [-0.1, -0.05) is 30.3 Å². The molecule has 5 heteroatoms. The SMILES string of the molecule is CCOc1ccccc1NC(=O)CCNCc1ccccc1F. The number of anilines is 1. The third-order valence-electron chi connectivity index (χ3n) is 3.26. The Morgan fingerprint density at radius 2 is 1.87 bits per heavy atom. The Kier molecular flexibility index (Phi) is 6.56. The van der Waals surface area contributed by atoms with E-state index in [0.29, 0.717) is 43.1 Å². The topological polar surface area (TPSA) is 50.4 Å². The minimum atomic E-state index is -0.241. The van der Waals surface area contributed by atoms with Crippen LogP contribution in [0.3, 0.4) is 0 Å². The van der Waals surface area contributed by atoms with Crippen LogP contribution in [0.25, 0.3) is 0 Å². The summed E-state index contributed by atoms with van der Waals surface area (Å²) < 4.78 is 18.9. The monoisotopic (exact) mass is 316 g/mol. The first-order valence-electron chi connectivity index (χ1n) is 7.66. The first kappa shape index (κ1) is 17.0. The molecular formula is C18H21FN2O2. The molecule has 0 aliphatic rings.